The van der Waals surface area contributed by atoms with E-state index < -0.39 is 5.82 Å². The Balaban J connectivity index is 3.05. The lowest BCUT2D eigenvalue weighted by molar-refractivity contribution is 0.101. The molecule has 1 unspecified atom stereocenters. The quantitative estimate of drug-likeness (QED) is 0.561. The van der Waals surface area contributed by atoms with Crippen molar-refractivity contribution < 1.29 is 13.9 Å². The number of ether oxygens (including phenoxy) is 1. The van der Waals surface area contributed by atoms with Crippen molar-refractivity contribution in [2.24, 2.45) is 0 Å². The van der Waals surface area contributed by atoms with Crippen LogP contribution in [0.25, 0.3) is 0 Å². The average Bonchev–Trinajstić information content (AvgIpc) is 2.20. The molecule has 1 aromatic rings. The largest absolute Gasteiger partial charge is 0.486 e. The first-order valence-electron chi connectivity index (χ1n) is 4.64. The van der Waals surface area contributed by atoms with E-state index in [4.69, 9.17) is 4.74 Å². The molecule has 0 bridgehead atoms. The van der Waals surface area contributed by atoms with Crippen LogP contribution in [0.3, 0.4) is 0 Å². The Morgan fingerprint density at radius 1 is 1.60 bits per heavy atom. The normalized spacial score (nSPS) is 11.9. The second-order valence-corrected chi connectivity index (χ2v) is 3.26. The number of hydrogen-bond acceptors (Lipinski definition) is 2. The van der Waals surface area contributed by atoms with E-state index in [0.717, 1.165) is 0 Å². The van der Waals surface area contributed by atoms with Crippen LogP contribution < -0.4 is 4.74 Å². The molecular formula is C12H13FO2. The van der Waals surface area contributed by atoms with E-state index in [-0.39, 0.29) is 17.5 Å². The Morgan fingerprint density at radius 2 is 2.27 bits per heavy atom. The van der Waals surface area contributed by atoms with Gasteiger partial charge in [0.2, 0.25) is 0 Å². The van der Waals surface area contributed by atoms with Gasteiger partial charge in [-0.2, -0.15) is 0 Å². The first-order chi connectivity index (χ1) is 7.04. The van der Waals surface area contributed by atoms with E-state index >= 15 is 0 Å². The van der Waals surface area contributed by atoms with Crippen molar-refractivity contribution >= 4 is 5.78 Å². The Labute approximate surface area is 88.4 Å². The minimum absolute atomic E-state index is 0.214. The summed E-state index contributed by atoms with van der Waals surface area (Å²) in [5.74, 6) is -0.282. The number of ketones is 1. The number of carbonyl (C=O) groups excluding carboxylic acids is 1. The highest BCUT2D eigenvalue weighted by atomic mass is 19.1. The Morgan fingerprint density at radius 3 is 2.80 bits per heavy atom. The molecule has 15 heavy (non-hydrogen) atoms. The zero-order chi connectivity index (χ0) is 11.4. The van der Waals surface area contributed by atoms with Crippen LogP contribution >= 0.6 is 0 Å². The summed E-state index contributed by atoms with van der Waals surface area (Å²) in [7, 11) is 0. The highest BCUT2D eigenvalue weighted by Crippen LogP contribution is 2.21. The SMILES string of the molecule is C=CC(C)Oc1ccc(F)cc1C(C)=O. The van der Waals surface area contributed by atoms with Gasteiger partial charge in [0.25, 0.3) is 0 Å². The summed E-state index contributed by atoms with van der Waals surface area (Å²) in [5.41, 5.74) is 0.253. The van der Waals surface area contributed by atoms with Crippen molar-refractivity contribution in [3.63, 3.8) is 0 Å². The van der Waals surface area contributed by atoms with Gasteiger partial charge in [-0.15, -0.1) is 0 Å². The molecule has 0 fully saturated rings. The molecular weight excluding hydrogens is 195 g/mol. The van der Waals surface area contributed by atoms with E-state index in [1.165, 1.54) is 25.1 Å². The summed E-state index contributed by atoms with van der Waals surface area (Å²) in [6, 6.07) is 3.89. The third-order valence-electron chi connectivity index (χ3n) is 1.97. The third kappa shape index (κ3) is 2.91. The van der Waals surface area contributed by atoms with Crippen LogP contribution in [-0.4, -0.2) is 11.9 Å². The van der Waals surface area contributed by atoms with E-state index in [2.05, 4.69) is 6.58 Å². The smallest absolute Gasteiger partial charge is 0.163 e. The van der Waals surface area contributed by atoms with Gasteiger partial charge >= 0.3 is 0 Å². The van der Waals surface area contributed by atoms with Crippen molar-refractivity contribution in [1.29, 1.82) is 0 Å². The summed E-state index contributed by atoms with van der Waals surface area (Å²) in [6.07, 6.45) is 1.39. The monoisotopic (exact) mass is 208 g/mol. The molecule has 80 valence electrons. The van der Waals surface area contributed by atoms with Gasteiger partial charge in [0, 0.05) is 0 Å². The van der Waals surface area contributed by atoms with E-state index in [1.807, 2.05) is 0 Å². The maximum Gasteiger partial charge on any atom is 0.163 e. The van der Waals surface area contributed by atoms with Crippen molar-refractivity contribution in [2.45, 2.75) is 20.0 Å². The zero-order valence-electron chi connectivity index (χ0n) is 8.79. The zero-order valence-corrected chi connectivity index (χ0v) is 8.79. The highest BCUT2D eigenvalue weighted by Gasteiger charge is 2.11. The first-order valence-corrected chi connectivity index (χ1v) is 4.64. The molecule has 0 spiro atoms. The summed E-state index contributed by atoms with van der Waals surface area (Å²) in [5, 5.41) is 0. The van der Waals surface area contributed by atoms with E-state index in [9.17, 15) is 9.18 Å². The van der Waals surface area contributed by atoms with E-state index in [1.54, 1.807) is 13.0 Å². The van der Waals surface area contributed by atoms with Crippen LogP contribution in [0.4, 0.5) is 4.39 Å². The molecule has 0 aromatic heterocycles. The number of benzene rings is 1. The molecule has 2 nitrogen and oxygen atoms in total. The van der Waals surface area contributed by atoms with Gasteiger partial charge in [-0.25, -0.2) is 4.39 Å². The van der Waals surface area contributed by atoms with Crippen LogP contribution in [0.5, 0.6) is 5.75 Å². The van der Waals surface area contributed by atoms with Crippen LogP contribution in [-0.2, 0) is 0 Å². The van der Waals surface area contributed by atoms with Crippen molar-refractivity contribution in [1.82, 2.24) is 0 Å². The van der Waals surface area contributed by atoms with Gasteiger partial charge in [0.05, 0.1) is 5.56 Å². The van der Waals surface area contributed by atoms with Gasteiger partial charge in [-0.05, 0) is 32.0 Å². The summed E-state index contributed by atoms with van der Waals surface area (Å²) in [4.78, 5) is 11.2. The average molecular weight is 208 g/mol. The number of halogens is 1. The number of hydrogen-bond donors (Lipinski definition) is 0. The predicted molar refractivity (Wildman–Crippen MR) is 56.7 cm³/mol. The molecule has 0 heterocycles. The molecule has 1 atom stereocenters. The maximum absolute atomic E-state index is 12.9. The summed E-state index contributed by atoms with van der Waals surface area (Å²) in [6.45, 7) is 6.73. The van der Waals surface area contributed by atoms with Crippen molar-refractivity contribution in [2.75, 3.05) is 0 Å². The van der Waals surface area contributed by atoms with Gasteiger partial charge in [-0.1, -0.05) is 12.7 Å². The molecule has 0 aliphatic heterocycles. The van der Waals surface area contributed by atoms with Crippen LogP contribution in [0.2, 0.25) is 0 Å². The van der Waals surface area contributed by atoms with E-state index in [0.29, 0.717) is 5.75 Å². The molecule has 0 aliphatic rings. The Bertz CT molecular complexity index is 385. The fourth-order valence-electron chi connectivity index (χ4n) is 1.13. The first kappa shape index (κ1) is 11.4. The Kier molecular flexibility index (Phi) is 3.61. The molecule has 0 amide bonds. The molecule has 0 radical (unpaired) electrons. The third-order valence-corrected chi connectivity index (χ3v) is 1.97. The van der Waals surface area contributed by atoms with Gasteiger partial charge in [0.15, 0.2) is 5.78 Å². The van der Waals surface area contributed by atoms with Crippen molar-refractivity contribution in [3.8, 4) is 5.75 Å². The lowest BCUT2D eigenvalue weighted by atomic mass is 10.1. The number of Topliss-reactive ketones (excluding diaryl/α,β-unsaturated/α-hetero) is 1. The van der Waals surface area contributed by atoms with Gasteiger partial charge < -0.3 is 4.74 Å². The molecule has 3 heteroatoms. The fraction of sp³-hybridized carbons (Fsp3) is 0.250. The minimum Gasteiger partial charge on any atom is -0.486 e. The molecule has 0 aliphatic carbocycles. The molecule has 1 rings (SSSR count). The Hall–Kier alpha value is -1.64. The van der Waals surface area contributed by atoms with Gasteiger partial charge in [-0.3, -0.25) is 4.79 Å². The summed E-state index contributed by atoms with van der Waals surface area (Å²) < 4.78 is 18.3. The lowest BCUT2D eigenvalue weighted by Gasteiger charge is -2.13. The lowest BCUT2D eigenvalue weighted by Crippen LogP contribution is -2.10. The molecule has 0 N–H and O–H groups in total. The summed E-state index contributed by atoms with van der Waals surface area (Å²) >= 11 is 0. The maximum atomic E-state index is 12.9. The van der Waals surface area contributed by atoms with Gasteiger partial charge in [0.1, 0.15) is 17.7 Å². The van der Waals surface area contributed by atoms with Crippen LogP contribution in [0.1, 0.15) is 24.2 Å². The highest BCUT2D eigenvalue weighted by molar-refractivity contribution is 5.96. The van der Waals surface area contributed by atoms with Crippen LogP contribution in [0.15, 0.2) is 30.9 Å². The fourth-order valence-corrected chi connectivity index (χ4v) is 1.13. The second kappa shape index (κ2) is 4.73. The second-order valence-electron chi connectivity index (χ2n) is 3.26. The topological polar surface area (TPSA) is 26.3 Å². The molecule has 1 aromatic carbocycles. The molecule has 0 saturated heterocycles. The predicted octanol–water partition coefficient (Wildman–Crippen LogP) is 2.98. The minimum atomic E-state index is -0.446. The number of rotatable bonds is 4. The van der Waals surface area contributed by atoms with Crippen LogP contribution in [0, 0.1) is 5.82 Å². The number of carbonyl (C=O) groups is 1. The van der Waals surface area contributed by atoms with Crippen molar-refractivity contribution in [3.05, 3.63) is 42.2 Å². The standard InChI is InChI=1S/C12H13FO2/c1-4-8(2)15-12-6-5-10(13)7-11(12)9(3)14/h4-8H,1H2,2-3H3. The molecule has 0 saturated carbocycles.